The van der Waals surface area contributed by atoms with Crippen LogP contribution in [0, 0.1) is 0 Å². The first-order valence-electron chi connectivity index (χ1n) is 7.18. The van der Waals surface area contributed by atoms with E-state index in [-0.39, 0.29) is 5.91 Å². The summed E-state index contributed by atoms with van der Waals surface area (Å²) in [5.41, 5.74) is 6.59. The number of carbonyl (C=O) groups is 2. The topological polar surface area (TPSA) is 85.1 Å². The monoisotopic (exact) mass is 297 g/mol. The predicted octanol–water partition coefficient (Wildman–Crippen LogP) is 2.17. The molecule has 22 heavy (non-hydrogen) atoms. The van der Waals surface area contributed by atoms with E-state index < -0.39 is 11.9 Å². The molecule has 2 amide bonds. The first kappa shape index (κ1) is 15.7. The minimum atomic E-state index is -0.681. The zero-order chi connectivity index (χ0) is 15.9. The van der Waals surface area contributed by atoms with Gasteiger partial charge in [-0.15, -0.1) is 6.58 Å². The second kappa shape index (κ2) is 7.36. The van der Waals surface area contributed by atoms with Crippen molar-refractivity contribution in [2.24, 2.45) is 5.73 Å². The Morgan fingerprint density at radius 2 is 2.09 bits per heavy atom. The van der Waals surface area contributed by atoms with Crippen molar-refractivity contribution < 1.29 is 9.59 Å². The molecule has 2 rings (SSSR count). The van der Waals surface area contributed by atoms with Crippen molar-refractivity contribution in [2.45, 2.75) is 25.3 Å². The number of para-hydroxylation sites is 1. The maximum absolute atomic E-state index is 12.4. The molecular weight excluding hydrogens is 278 g/mol. The Kier molecular flexibility index (Phi) is 5.25. The molecule has 5 heteroatoms. The van der Waals surface area contributed by atoms with Crippen molar-refractivity contribution in [3.8, 4) is 0 Å². The smallest absolute Gasteiger partial charge is 0.252 e. The third kappa shape index (κ3) is 3.69. The van der Waals surface area contributed by atoms with E-state index in [0.29, 0.717) is 12.0 Å². The quantitative estimate of drug-likeness (QED) is 0.606. The summed E-state index contributed by atoms with van der Waals surface area (Å²) in [5.74, 6) is -0.850. The molecule has 5 nitrogen and oxygen atoms in total. The number of nitrogens with two attached hydrogens (primary N) is 1. The van der Waals surface area contributed by atoms with Crippen LogP contribution < -0.4 is 11.1 Å². The molecule has 114 valence electrons. The van der Waals surface area contributed by atoms with Crippen molar-refractivity contribution >= 4 is 22.7 Å². The van der Waals surface area contributed by atoms with E-state index in [4.69, 9.17) is 5.73 Å². The number of hydrogen-bond donors (Lipinski definition) is 2. The lowest BCUT2D eigenvalue weighted by molar-refractivity contribution is -0.120. The molecule has 0 aliphatic heterocycles. The van der Waals surface area contributed by atoms with Gasteiger partial charge in [0, 0.05) is 11.6 Å². The molecule has 0 bridgehead atoms. The molecule has 1 aromatic carbocycles. The average molecular weight is 297 g/mol. The molecule has 1 atom stereocenters. The van der Waals surface area contributed by atoms with Gasteiger partial charge in [0.25, 0.3) is 5.91 Å². The summed E-state index contributed by atoms with van der Waals surface area (Å²) in [7, 11) is 0. The minimum absolute atomic E-state index is 0.319. The van der Waals surface area contributed by atoms with Gasteiger partial charge in [0.1, 0.15) is 6.04 Å². The number of pyridine rings is 1. The molecule has 0 saturated carbocycles. The van der Waals surface area contributed by atoms with E-state index in [2.05, 4.69) is 16.9 Å². The molecule has 0 fully saturated rings. The number of nitrogens with zero attached hydrogens (tertiary/aromatic N) is 1. The van der Waals surface area contributed by atoms with Gasteiger partial charge in [-0.25, -0.2) is 0 Å². The maximum atomic E-state index is 12.4. The van der Waals surface area contributed by atoms with Crippen LogP contribution in [-0.2, 0) is 4.79 Å². The number of primary amides is 1. The van der Waals surface area contributed by atoms with Crippen LogP contribution in [0.3, 0.4) is 0 Å². The first-order valence-corrected chi connectivity index (χ1v) is 7.18. The SMILES string of the molecule is C=CCCC[C@H](NC(=O)c1ccnc2ccccc12)C(N)=O. The maximum Gasteiger partial charge on any atom is 0.252 e. The fourth-order valence-corrected chi connectivity index (χ4v) is 2.28. The summed E-state index contributed by atoms with van der Waals surface area (Å²) < 4.78 is 0. The number of carbonyl (C=O) groups excluding carboxylic acids is 2. The van der Waals surface area contributed by atoms with Crippen molar-refractivity contribution in [1.82, 2.24) is 10.3 Å². The third-order valence-electron chi connectivity index (χ3n) is 3.44. The highest BCUT2D eigenvalue weighted by Crippen LogP contribution is 2.16. The molecule has 0 unspecified atom stereocenters. The molecule has 3 N–H and O–H groups in total. The second-order valence-electron chi connectivity index (χ2n) is 5.02. The summed E-state index contributed by atoms with van der Waals surface area (Å²) in [4.78, 5) is 28.1. The van der Waals surface area contributed by atoms with E-state index in [1.165, 1.54) is 0 Å². The highest BCUT2D eigenvalue weighted by molar-refractivity contribution is 6.07. The van der Waals surface area contributed by atoms with Crippen LogP contribution in [0.4, 0.5) is 0 Å². The molecule has 1 aromatic heterocycles. The van der Waals surface area contributed by atoms with Gasteiger partial charge >= 0.3 is 0 Å². The van der Waals surface area contributed by atoms with Crippen LogP contribution in [0.25, 0.3) is 10.9 Å². The molecule has 0 aliphatic rings. The van der Waals surface area contributed by atoms with Gasteiger partial charge < -0.3 is 11.1 Å². The van der Waals surface area contributed by atoms with E-state index in [1.807, 2.05) is 24.3 Å². The number of benzene rings is 1. The first-order chi connectivity index (χ1) is 10.6. The van der Waals surface area contributed by atoms with Gasteiger partial charge in [0.15, 0.2) is 0 Å². The van der Waals surface area contributed by atoms with Gasteiger partial charge in [-0.1, -0.05) is 24.3 Å². The Labute approximate surface area is 129 Å². The Morgan fingerprint density at radius 1 is 1.32 bits per heavy atom. The Hall–Kier alpha value is -2.69. The van der Waals surface area contributed by atoms with Gasteiger partial charge in [0.2, 0.25) is 5.91 Å². The lowest BCUT2D eigenvalue weighted by Gasteiger charge is -2.15. The largest absolute Gasteiger partial charge is 0.368 e. The Balaban J connectivity index is 2.18. The Bertz CT molecular complexity index is 692. The fraction of sp³-hybridized carbons (Fsp3) is 0.235. The predicted molar refractivity (Wildman–Crippen MR) is 86.2 cm³/mol. The number of fused-ring (bicyclic) bond motifs is 1. The Morgan fingerprint density at radius 3 is 2.82 bits per heavy atom. The molecule has 0 saturated heterocycles. The second-order valence-corrected chi connectivity index (χ2v) is 5.02. The number of amides is 2. The van der Waals surface area contributed by atoms with E-state index >= 15 is 0 Å². The van der Waals surface area contributed by atoms with E-state index in [9.17, 15) is 9.59 Å². The number of hydrogen-bond acceptors (Lipinski definition) is 3. The van der Waals surface area contributed by atoms with E-state index in [1.54, 1.807) is 18.3 Å². The summed E-state index contributed by atoms with van der Waals surface area (Å²) >= 11 is 0. The molecule has 1 heterocycles. The van der Waals surface area contributed by atoms with Crippen molar-refractivity contribution in [3.63, 3.8) is 0 Å². The molecule has 0 aliphatic carbocycles. The van der Waals surface area contributed by atoms with Crippen LogP contribution in [0.1, 0.15) is 29.6 Å². The van der Waals surface area contributed by atoms with Gasteiger partial charge in [-0.2, -0.15) is 0 Å². The molecule has 0 radical (unpaired) electrons. The summed E-state index contributed by atoms with van der Waals surface area (Å²) in [6.07, 6.45) is 5.37. The lowest BCUT2D eigenvalue weighted by Crippen LogP contribution is -2.44. The number of unbranched alkanes of at least 4 members (excludes halogenated alkanes) is 1. The van der Waals surface area contributed by atoms with Crippen LogP contribution in [0.2, 0.25) is 0 Å². The number of nitrogens with one attached hydrogen (secondary N) is 1. The lowest BCUT2D eigenvalue weighted by atomic mass is 10.1. The molecule has 2 aromatic rings. The van der Waals surface area contributed by atoms with Gasteiger partial charge in [0.05, 0.1) is 11.1 Å². The van der Waals surface area contributed by atoms with Crippen LogP contribution in [0.15, 0.2) is 49.2 Å². The molecule has 0 spiro atoms. The van der Waals surface area contributed by atoms with Gasteiger partial charge in [-0.3, -0.25) is 14.6 Å². The summed E-state index contributed by atoms with van der Waals surface area (Å²) in [6, 6.07) is 8.32. The average Bonchev–Trinajstić information content (AvgIpc) is 2.53. The highest BCUT2D eigenvalue weighted by Gasteiger charge is 2.19. The zero-order valence-electron chi connectivity index (χ0n) is 12.3. The van der Waals surface area contributed by atoms with E-state index in [0.717, 1.165) is 23.7 Å². The number of allylic oxidation sites excluding steroid dienone is 1. The third-order valence-corrected chi connectivity index (χ3v) is 3.44. The summed E-state index contributed by atoms with van der Waals surface area (Å²) in [5, 5.41) is 3.46. The zero-order valence-corrected chi connectivity index (χ0v) is 12.3. The normalized spacial score (nSPS) is 11.8. The standard InChI is InChI=1S/C17H19N3O2/c1-2-3-4-9-15(16(18)21)20-17(22)13-10-11-19-14-8-6-5-7-12(13)14/h2,5-8,10-11,15H,1,3-4,9H2,(H2,18,21)(H,20,22)/t15-/m0/s1. The fourth-order valence-electron chi connectivity index (χ4n) is 2.28. The van der Waals surface area contributed by atoms with Crippen LogP contribution >= 0.6 is 0 Å². The highest BCUT2D eigenvalue weighted by atomic mass is 16.2. The number of aromatic nitrogens is 1. The van der Waals surface area contributed by atoms with Crippen molar-refractivity contribution in [3.05, 3.63) is 54.7 Å². The van der Waals surface area contributed by atoms with Gasteiger partial charge in [-0.05, 0) is 31.4 Å². The minimum Gasteiger partial charge on any atom is -0.368 e. The summed E-state index contributed by atoms with van der Waals surface area (Å²) in [6.45, 7) is 3.63. The van der Waals surface area contributed by atoms with Crippen molar-refractivity contribution in [1.29, 1.82) is 0 Å². The molecular formula is C17H19N3O2. The van der Waals surface area contributed by atoms with Crippen LogP contribution in [0.5, 0.6) is 0 Å². The van der Waals surface area contributed by atoms with Crippen LogP contribution in [-0.4, -0.2) is 22.8 Å². The van der Waals surface area contributed by atoms with Crippen molar-refractivity contribution in [2.75, 3.05) is 0 Å². The number of rotatable bonds is 7.